The van der Waals surface area contributed by atoms with Gasteiger partial charge in [0.2, 0.25) is 6.10 Å². The fourth-order valence-electron chi connectivity index (χ4n) is 4.04. The lowest BCUT2D eigenvalue weighted by Crippen LogP contribution is -2.18. The Hall–Kier alpha value is -3.60. The molecule has 32 heavy (non-hydrogen) atoms. The predicted octanol–water partition coefficient (Wildman–Crippen LogP) is 6.19. The van der Waals surface area contributed by atoms with Gasteiger partial charge in [0.1, 0.15) is 11.6 Å². The number of benzene rings is 3. The highest BCUT2D eigenvalue weighted by atomic mass is 16.5. The predicted molar refractivity (Wildman–Crippen MR) is 126 cm³/mol. The SMILES string of the molecule is CCCCc1nc2ccccc2n1C(C)c1ccc(OC(C(=O)O)c2ccccc2)cc1. The molecule has 2 unspecified atom stereocenters. The minimum Gasteiger partial charge on any atom is -0.478 e. The van der Waals surface area contributed by atoms with Gasteiger partial charge in [-0.3, -0.25) is 0 Å². The molecular weight excluding hydrogens is 400 g/mol. The maximum atomic E-state index is 11.7. The second kappa shape index (κ2) is 9.69. The van der Waals surface area contributed by atoms with E-state index in [4.69, 9.17) is 9.72 Å². The Bertz CT molecular complexity index is 1180. The van der Waals surface area contributed by atoms with Gasteiger partial charge >= 0.3 is 5.97 Å². The van der Waals surface area contributed by atoms with Crippen molar-refractivity contribution >= 4 is 17.0 Å². The van der Waals surface area contributed by atoms with Gasteiger partial charge in [0.05, 0.1) is 17.1 Å². The molecule has 0 fully saturated rings. The van der Waals surface area contributed by atoms with Gasteiger partial charge < -0.3 is 14.4 Å². The fraction of sp³-hybridized carbons (Fsp3) is 0.259. The first kappa shape index (κ1) is 21.6. The van der Waals surface area contributed by atoms with Crippen LogP contribution in [-0.4, -0.2) is 20.6 Å². The van der Waals surface area contributed by atoms with Gasteiger partial charge in [-0.2, -0.15) is 0 Å². The van der Waals surface area contributed by atoms with E-state index >= 15 is 0 Å². The number of rotatable bonds is 9. The Morgan fingerprint density at radius 1 is 0.969 bits per heavy atom. The number of hydrogen-bond acceptors (Lipinski definition) is 3. The van der Waals surface area contributed by atoms with Crippen LogP contribution in [0.15, 0.2) is 78.9 Å². The zero-order chi connectivity index (χ0) is 22.5. The van der Waals surface area contributed by atoms with Crippen molar-refractivity contribution in [2.75, 3.05) is 0 Å². The lowest BCUT2D eigenvalue weighted by atomic mass is 10.1. The van der Waals surface area contributed by atoms with Crippen molar-refractivity contribution in [3.8, 4) is 5.75 Å². The number of carboxylic acids is 1. The van der Waals surface area contributed by atoms with E-state index < -0.39 is 12.1 Å². The Kier molecular flexibility index (Phi) is 6.55. The summed E-state index contributed by atoms with van der Waals surface area (Å²) in [5, 5.41) is 9.62. The molecule has 2 atom stereocenters. The van der Waals surface area contributed by atoms with E-state index in [0.29, 0.717) is 11.3 Å². The highest BCUT2D eigenvalue weighted by molar-refractivity contribution is 5.76. The number of hydrogen-bond donors (Lipinski definition) is 1. The summed E-state index contributed by atoms with van der Waals surface area (Å²) >= 11 is 0. The second-order valence-corrected chi connectivity index (χ2v) is 7.98. The summed E-state index contributed by atoms with van der Waals surface area (Å²) in [6.07, 6.45) is 2.11. The Morgan fingerprint density at radius 3 is 2.34 bits per heavy atom. The van der Waals surface area contributed by atoms with Gasteiger partial charge in [0.25, 0.3) is 0 Å². The Balaban J connectivity index is 1.60. The van der Waals surface area contributed by atoms with Gasteiger partial charge in [0, 0.05) is 12.0 Å². The molecule has 4 aromatic rings. The number of aliphatic carboxylic acids is 1. The van der Waals surface area contributed by atoms with Crippen molar-refractivity contribution in [1.82, 2.24) is 9.55 Å². The first-order chi connectivity index (χ1) is 15.6. The van der Waals surface area contributed by atoms with Gasteiger partial charge in [-0.05, 0) is 43.2 Å². The molecule has 0 amide bonds. The van der Waals surface area contributed by atoms with Crippen LogP contribution in [0, 0.1) is 0 Å². The summed E-state index contributed by atoms with van der Waals surface area (Å²) < 4.78 is 8.13. The van der Waals surface area contributed by atoms with E-state index in [1.807, 2.05) is 54.6 Å². The normalized spacial score (nSPS) is 13.1. The van der Waals surface area contributed by atoms with Gasteiger partial charge in [-0.25, -0.2) is 9.78 Å². The molecule has 5 nitrogen and oxygen atoms in total. The van der Waals surface area contributed by atoms with Crippen LogP contribution in [0.4, 0.5) is 0 Å². The number of imidazole rings is 1. The van der Waals surface area contributed by atoms with E-state index in [2.05, 4.69) is 30.5 Å². The van der Waals surface area contributed by atoms with E-state index in [9.17, 15) is 9.90 Å². The number of fused-ring (bicyclic) bond motifs is 1. The number of nitrogens with zero attached hydrogens (tertiary/aromatic N) is 2. The summed E-state index contributed by atoms with van der Waals surface area (Å²) in [5.74, 6) is 0.605. The van der Waals surface area contributed by atoms with E-state index in [1.165, 1.54) is 0 Å². The van der Waals surface area contributed by atoms with Crippen LogP contribution in [0.5, 0.6) is 5.75 Å². The van der Waals surface area contributed by atoms with Crippen LogP contribution in [0.25, 0.3) is 11.0 Å². The Labute approximate surface area is 188 Å². The van der Waals surface area contributed by atoms with Crippen molar-refractivity contribution in [2.24, 2.45) is 0 Å². The quantitative estimate of drug-likeness (QED) is 0.345. The molecule has 0 saturated heterocycles. The number of unbranched alkanes of at least 4 members (excludes halogenated alkanes) is 1. The molecule has 0 aliphatic carbocycles. The number of para-hydroxylation sites is 2. The second-order valence-electron chi connectivity index (χ2n) is 7.98. The standard InChI is InChI=1S/C27H28N2O3/c1-3-4-14-25-28-23-12-8-9-13-24(23)29(25)19(2)20-15-17-22(18-16-20)32-26(27(30)31)21-10-6-5-7-11-21/h5-13,15-19,26H,3-4,14H2,1-2H3,(H,30,31). The van der Waals surface area contributed by atoms with Crippen LogP contribution >= 0.6 is 0 Å². The third-order valence-corrected chi connectivity index (χ3v) is 5.75. The zero-order valence-corrected chi connectivity index (χ0v) is 18.4. The molecule has 4 rings (SSSR count). The smallest absolute Gasteiger partial charge is 0.349 e. The van der Waals surface area contributed by atoms with Crippen LogP contribution in [0.3, 0.4) is 0 Å². The molecule has 0 aliphatic rings. The van der Waals surface area contributed by atoms with E-state index in [1.54, 1.807) is 12.1 Å². The maximum absolute atomic E-state index is 11.7. The van der Waals surface area contributed by atoms with Crippen LogP contribution < -0.4 is 4.74 Å². The molecule has 0 spiro atoms. The van der Waals surface area contributed by atoms with E-state index in [0.717, 1.165) is 41.7 Å². The fourth-order valence-corrected chi connectivity index (χ4v) is 4.04. The lowest BCUT2D eigenvalue weighted by Gasteiger charge is -2.20. The van der Waals surface area contributed by atoms with Crippen molar-refractivity contribution in [3.63, 3.8) is 0 Å². The number of aryl methyl sites for hydroxylation is 1. The molecule has 1 N–H and O–H groups in total. The first-order valence-electron chi connectivity index (χ1n) is 11.1. The highest BCUT2D eigenvalue weighted by Crippen LogP contribution is 2.29. The average molecular weight is 429 g/mol. The number of carbonyl (C=O) groups is 1. The van der Waals surface area contributed by atoms with Gasteiger partial charge in [0.15, 0.2) is 0 Å². The summed E-state index contributed by atoms with van der Waals surface area (Å²) in [4.78, 5) is 16.6. The minimum absolute atomic E-state index is 0.0905. The molecule has 3 aromatic carbocycles. The minimum atomic E-state index is -1.04. The highest BCUT2D eigenvalue weighted by Gasteiger charge is 2.22. The molecule has 5 heteroatoms. The molecular formula is C27H28N2O3. The number of ether oxygens (including phenoxy) is 1. The van der Waals surface area contributed by atoms with Crippen LogP contribution in [-0.2, 0) is 11.2 Å². The molecule has 0 radical (unpaired) electrons. The molecule has 0 bridgehead atoms. The summed E-state index contributed by atoms with van der Waals surface area (Å²) in [6.45, 7) is 4.36. The molecule has 164 valence electrons. The first-order valence-corrected chi connectivity index (χ1v) is 11.1. The van der Waals surface area contributed by atoms with E-state index in [-0.39, 0.29) is 6.04 Å². The van der Waals surface area contributed by atoms with Crippen molar-refractivity contribution < 1.29 is 14.6 Å². The third-order valence-electron chi connectivity index (χ3n) is 5.75. The molecule has 0 saturated carbocycles. The molecule has 1 heterocycles. The van der Waals surface area contributed by atoms with Gasteiger partial charge in [-0.15, -0.1) is 0 Å². The topological polar surface area (TPSA) is 64.4 Å². The Morgan fingerprint density at radius 2 is 1.66 bits per heavy atom. The largest absolute Gasteiger partial charge is 0.478 e. The summed E-state index contributed by atoms with van der Waals surface area (Å²) in [7, 11) is 0. The van der Waals surface area contributed by atoms with Crippen molar-refractivity contribution in [1.29, 1.82) is 0 Å². The summed E-state index contributed by atoms with van der Waals surface area (Å²) in [6, 6.07) is 25.0. The number of carboxylic acid groups (broad SMARTS) is 1. The molecule has 1 aromatic heterocycles. The average Bonchev–Trinajstić information content (AvgIpc) is 3.19. The van der Waals surface area contributed by atoms with Crippen molar-refractivity contribution in [2.45, 2.75) is 45.3 Å². The van der Waals surface area contributed by atoms with Crippen LogP contribution in [0.2, 0.25) is 0 Å². The summed E-state index contributed by atoms with van der Waals surface area (Å²) in [5.41, 5.74) is 3.87. The van der Waals surface area contributed by atoms with Crippen molar-refractivity contribution in [3.05, 3.63) is 95.8 Å². The molecule has 0 aliphatic heterocycles. The van der Waals surface area contributed by atoms with Gasteiger partial charge in [-0.1, -0.05) is 67.9 Å². The zero-order valence-electron chi connectivity index (χ0n) is 18.4. The third kappa shape index (κ3) is 4.52. The lowest BCUT2D eigenvalue weighted by molar-refractivity contribution is -0.145. The number of aromatic nitrogens is 2. The maximum Gasteiger partial charge on any atom is 0.349 e. The monoisotopic (exact) mass is 428 g/mol. The van der Waals surface area contributed by atoms with Crippen LogP contribution in [0.1, 0.15) is 55.8 Å².